The highest BCUT2D eigenvalue weighted by atomic mass is 15.1. The van der Waals surface area contributed by atoms with Crippen LogP contribution in [0.25, 0.3) is 88.6 Å². The molecule has 3 nitrogen and oxygen atoms in total. The third-order valence-corrected chi connectivity index (χ3v) is 9.92. The van der Waals surface area contributed by atoms with Crippen LogP contribution in [-0.4, -0.2) is 14.1 Å². The van der Waals surface area contributed by atoms with Crippen molar-refractivity contribution in [3.63, 3.8) is 0 Å². The number of para-hydroxylation sites is 3. The first kappa shape index (κ1) is 28.3. The Morgan fingerprint density at radius 1 is 0.340 bits per heavy atom. The van der Waals surface area contributed by atoms with Crippen molar-refractivity contribution in [3.8, 4) is 45.0 Å². The maximum atomic E-state index is 5.36. The van der Waals surface area contributed by atoms with Crippen LogP contribution in [0.5, 0.6) is 0 Å². The molecule has 10 rings (SSSR count). The van der Waals surface area contributed by atoms with Crippen molar-refractivity contribution in [3.05, 3.63) is 188 Å². The Labute approximate surface area is 290 Å². The molecular formula is C47H31N3. The summed E-state index contributed by atoms with van der Waals surface area (Å²) in [7, 11) is 0. The highest BCUT2D eigenvalue weighted by Gasteiger charge is 2.21. The molecule has 0 saturated carbocycles. The predicted molar refractivity (Wildman–Crippen MR) is 209 cm³/mol. The van der Waals surface area contributed by atoms with Crippen molar-refractivity contribution in [2.24, 2.45) is 0 Å². The molecule has 0 N–H and O–H groups in total. The molecular weight excluding hydrogens is 607 g/mol. The summed E-state index contributed by atoms with van der Waals surface area (Å²) in [5.41, 5.74) is 12.6. The Morgan fingerprint density at radius 2 is 0.820 bits per heavy atom. The topological polar surface area (TPSA) is 22.8 Å². The number of rotatable bonds is 5. The molecule has 0 amide bonds. The second-order valence-electron chi connectivity index (χ2n) is 12.8. The molecule has 50 heavy (non-hydrogen) atoms. The molecule has 234 valence electrons. The van der Waals surface area contributed by atoms with Gasteiger partial charge in [0.05, 0.1) is 27.8 Å². The van der Waals surface area contributed by atoms with Gasteiger partial charge in [0.1, 0.15) is 5.82 Å². The van der Waals surface area contributed by atoms with E-state index >= 15 is 0 Å². The summed E-state index contributed by atoms with van der Waals surface area (Å²) in [4.78, 5) is 5.36. The first-order valence-corrected chi connectivity index (χ1v) is 17.1. The van der Waals surface area contributed by atoms with Crippen LogP contribution in [0.15, 0.2) is 188 Å². The molecule has 3 heterocycles. The Hall–Kier alpha value is -6.71. The van der Waals surface area contributed by atoms with Gasteiger partial charge < -0.3 is 4.57 Å². The van der Waals surface area contributed by atoms with Gasteiger partial charge in [-0.1, -0.05) is 140 Å². The summed E-state index contributed by atoms with van der Waals surface area (Å²) in [6, 6.07) is 67.2. The summed E-state index contributed by atoms with van der Waals surface area (Å²) in [5.74, 6) is 0.896. The van der Waals surface area contributed by atoms with Gasteiger partial charge in [-0.15, -0.1) is 0 Å². The lowest BCUT2D eigenvalue weighted by Gasteiger charge is -2.13. The standard InChI is InChI=1S/C47H31N3/c1-4-16-32(17-5-1)34-30-40(33-18-6-2-7-19-33)48-45(31-34)50-42-27-13-11-23-39(42)47-37(25-15-29-44(47)50)36-24-14-28-43-46(36)38-22-10-12-26-41(38)49(43)35-20-8-3-9-21-35/h1-31H. The average Bonchev–Trinajstić information content (AvgIpc) is 3.72. The lowest BCUT2D eigenvalue weighted by molar-refractivity contribution is 1.08. The van der Waals surface area contributed by atoms with E-state index < -0.39 is 0 Å². The molecule has 0 spiro atoms. The fourth-order valence-corrected chi connectivity index (χ4v) is 7.77. The average molecular weight is 638 g/mol. The minimum atomic E-state index is 0.896. The van der Waals surface area contributed by atoms with Gasteiger partial charge in [-0.3, -0.25) is 4.57 Å². The van der Waals surface area contributed by atoms with Gasteiger partial charge in [0.2, 0.25) is 0 Å². The maximum absolute atomic E-state index is 5.36. The minimum Gasteiger partial charge on any atom is -0.309 e. The van der Waals surface area contributed by atoms with Gasteiger partial charge >= 0.3 is 0 Å². The Bertz CT molecular complexity index is 2790. The van der Waals surface area contributed by atoms with Crippen LogP contribution >= 0.6 is 0 Å². The van der Waals surface area contributed by atoms with E-state index in [-0.39, 0.29) is 0 Å². The van der Waals surface area contributed by atoms with Gasteiger partial charge in [0.25, 0.3) is 0 Å². The highest BCUT2D eigenvalue weighted by Crippen LogP contribution is 2.44. The van der Waals surface area contributed by atoms with Gasteiger partial charge in [0, 0.05) is 32.8 Å². The Morgan fingerprint density at radius 3 is 1.44 bits per heavy atom. The molecule has 3 aromatic heterocycles. The second-order valence-corrected chi connectivity index (χ2v) is 12.8. The van der Waals surface area contributed by atoms with E-state index in [1.54, 1.807) is 0 Å². The number of aromatic nitrogens is 3. The summed E-state index contributed by atoms with van der Waals surface area (Å²) in [6.45, 7) is 0. The molecule has 0 radical (unpaired) electrons. The number of fused-ring (bicyclic) bond motifs is 6. The highest BCUT2D eigenvalue weighted by molar-refractivity contribution is 6.22. The Balaban J connectivity index is 1.28. The van der Waals surface area contributed by atoms with Gasteiger partial charge in [-0.25, -0.2) is 4.98 Å². The quantitative estimate of drug-likeness (QED) is 0.184. The van der Waals surface area contributed by atoms with Crippen LogP contribution in [0.1, 0.15) is 0 Å². The molecule has 0 unspecified atom stereocenters. The molecule has 0 fully saturated rings. The predicted octanol–water partition coefficient (Wildman–Crippen LogP) is 12.3. The molecule has 0 aliphatic carbocycles. The van der Waals surface area contributed by atoms with Crippen LogP contribution in [0, 0.1) is 0 Å². The smallest absolute Gasteiger partial charge is 0.138 e. The first-order valence-electron chi connectivity index (χ1n) is 17.1. The third-order valence-electron chi connectivity index (χ3n) is 9.92. The minimum absolute atomic E-state index is 0.896. The molecule has 0 bridgehead atoms. The summed E-state index contributed by atoms with van der Waals surface area (Å²) >= 11 is 0. The second kappa shape index (κ2) is 11.5. The van der Waals surface area contributed by atoms with Gasteiger partial charge in [-0.05, 0) is 70.8 Å². The van der Waals surface area contributed by atoms with Crippen molar-refractivity contribution in [2.45, 2.75) is 0 Å². The van der Waals surface area contributed by atoms with Crippen molar-refractivity contribution in [2.75, 3.05) is 0 Å². The maximum Gasteiger partial charge on any atom is 0.138 e. The SMILES string of the molecule is c1ccc(-c2cc(-c3ccccc3)nc(-n3c4ccccc4c4c(-c5cccc6c5c5ccccc5n6-c5ccccc5)cccc43)c2)cc1. The zero-order valence-electron chi connectivity index (χ0n) is 27.2. The molecule has 0 aliphatic rings. The largest absolute Gasteiger partial charge is 0.309 e. The van der Waals surface area contributed by atoms with Crippen LogP contribution in [0.4, 0.5) is 0 Å². The van der Waals surface area contributed by atoms with E-state index in [1.807, 2.05) is 0 Å². The fraction of sp³-hybridized carbons (Fsp3) is 0. The lowest BCUT2D eigenvalue weighted by atomic mass is 9.95. The number of pyridine rings is 1. The molecule has 0 aliphatic heterocycles. The van der Waals surface area contributed by atoms with E-state index in [0.717, 1.165) is 44.9 Å². The normalized spacial score (nSPS) is 11.6. The van der Waals surface area contributed by atoms with Crippen molar-refractivity contribution in [1.29, 1.82) is 0 Å². The van der Waals surface area contributed by atoms with E-state index in [4.69, 9.17) is 4.98 Å². The summed E-state index contributed by atoms with van der Waals surface area (Å²) in [5, 5.41) is 4.93. The monoisotopic (exact) mass is 637 g/mol. The van der Waals surface area contributed by atoms with Gasteiger partial charge in [0.15, 0.2) is 0 Å². The number of nitrogens with zero attached hydrogens (tertiary/aromatic N) is 3. The van der Waals surface area contributed by atoms with E-state index in [2.05, 4.69) is 197 Å². The molecule has 3 heteroatoms. The zero-order chi connectivity index (χ0) is 33.0. The fourth-order valence-electron chi connectivity index (χ4n) is 7.77. The van der Waals surface area contributed by atoms with E-state index in [0.29, 0.717) is 0 Å². The molecule has 0 saturated heterocycles. The van der Waals surface area contributed by atoms with Crippen molar-refractivity contribution >= 4 is 43.6 Å². The zero-order valence-corrected chi connectivity index (χ0v) is 27.2. The van der Waals surface area contributed by atoms with Crippen molar-refractivity contribution in [1.82, 2.24) is 14.1 Å². The number of benzene rings is 7. The van der Waals surface area contributed by atoms with Crippen LogP contribution in [-0.2, 0) is 0 Å². The number of hydrogen-bond donors (Lipinski definition) is 0. The molecule has 7 aromatic carbocycles. The van der Waals surface area contributed by atoms with E-state index in [1.165, 1.54) is 43.7 Å². The first-order chi connectivity index (χ1) is 24.8. The number of hydrogen-bond acceptors (Lipinski definition) is 1. The molecule has 0 atom stereocenters. The summed E-state index contributed by atoms with van der Waals surface area (Å²) in [6.07, 6.45) is 0. The van der Waals surface area contributed by atoms with Crippen LogP contribution < -0.4 is 0 Å². The van der Waals surface area contributed by atoms with E-state index in [9.17, 15) is 0 Å². The molecule has 10 aromatic rings. The van der Waals surface area contributed by atoms with Gasteiger partial charge in [-0.2, -0.15) is 0 Å². The lowest BCUT2D eigenvalue weighted by Crippen LogP contribution is -2.00. The Kier molecular flexibility index (Phi) is 6.49. The van der Waals surface area contributed by atoms with Crippen LogP contribution in [0.2, 0.25) is 0 Å². The van der Waals surface area contributed by atoms with Crippen LogP contribution in [0.3, 0.4) is 0 Å². The van der Waals surface area contributed by atoms with Crippen molar-refractivity contribution < 1.29 is 0 Å². The summed E-state index contributed by atoms with van der Waals surface area (Å²) < 4.78 is 4.74. The third kappa shape index (κ3) is 4.41.